The number of rotatable bonds is 1. The van der Waals surface area contributed by atoms with E-state index in [1.165, 1.54) is 6.07 Å². The zero-order valence-corrected chi connectivity index (χ0v) is 7.54. The second-order valence-corrected chi connectivity index (χ2v) is 2.18. The van der Waals surface area contributed by atoms with Gasteiger partial charge in [-0.25, -0.2) is 4.98 Å². The van der Waals surface area contributed by atoms with Crippen LogP contribution in [0.15, 0.2) is 18.3 Å². The lowest BCUT2D eigenvalue weighted by molar-refractivity contribution is -0.137. The topological polar surface area (TPSA) is 24.9 Å². The molecule has 74 valence electrons. The molecule has 1 aromatic heterocycles. The molecule has 1 N–H and O–H groups in total. The summed E-state index contributed by atoms with van der Waals surface area (Å²) in [6.45, 7) is 0. The normalized spacial score (nSPS) is 10.5. The molecule has 1 aromatic rings. The summed E-state index contributed by atoms with van der Waals surface area (Å²) >= 11 is 0. The van der Waals surface area contributed by atoms with Gasteiger partial charge in [-0.1, -0.05) is 0 Å². The predicted octanol–water partition coefficient (Wildman–Crippen LogP) is 2.56. The van der Waals surface area contributed by atoms with Crippen molar-refractivity contribution < 1.29 is 13.2 Å². The van der Waals surface area contributed by atoms with Gasteiger partial charge in [0, 0.05) is 13.2 Å². The van der Waals surface area contributed by atoms with E-state index in [0.717, 1.165) is 12.3 Å². The van der Waals surface area contributed by atoms with Gasteiger partial charge < -0.3 is 5.32 Å². The van der Waals surface area contributed by atoms with Crippen LogP contribution in [0.5, 0.6) is 0 Å². The number of hydrogen-bond acceptors (Lipinski definition) is 2. The van der Waals surface area contributed by atoms with Crippen LogP contribution in [-0.4, -0.2) is 12.0 Å². The molecule has 2 nitrogen and oxygen atoms in total. The lowest BCUT2D eigenvalue weighted by Gasteiger charge is -2.05. The highest BCUT2D eigenvalue weighted by atomic mass is 35.5. The van der Waals surface area contributed by atoms with Gasteiger partial charge in [0.15, 0.2) is 0 Å². The third-order valence-corrected chi connectivity index (χ3v) is 1.35. The first-order valence-corrected chi connectivity index (χ1v) is 3.25. The van der Waals surface area contributed by atoms with Crippen LogP contribution in [0.1, 0.15) is 5.56 Å². The van der Waals surface area contributed by atoms with Crippen LogP contribution < -0.4 is 5.32 Å². The van der Waals surface area contributed by atoms with Crippen molar-refractivity contribution in [3.8, 4) is 0 Å². The van der Waals surface area contributed by atoms with E-state index in [2.05, 4.69) is 10.3 Å². The Kier molecular flexibility index (Phi) is 4.00. The largest absolute Gasteiger partial charge is 0.417 e. The van der Waals surface area contributed by atoms with Crippen molar-refractivity contribution in [3.05, 3.63) is 23.9 Å². The molecule has 0 atom stereocenters. The van der Waals surface area contributed by atoms with E-state index in [4.69, 9.17) is 0 Å². The van der Waals surface area contributed by atoms with Gasteiger partial charge in [-0.05, 0) is 12.1 Å². The molecule has 13 heavy (non-hydrogen) atoms. The molecular formula is C7H8ClF3N2. The number of hydrogen-bond donors (Lipinski definition) is 1. The molecule has 0 fully saturated rings. The first kappa shape index (κ1) is 12.0. The van der Waals surface area contributed by atoms with E-state index >= 15 is 0 Å². The lowest BCUT2D eigenvalue weighted by Crippen LogP contribution is -2.05. The Labute approximate surface area is 79.6 Å². The summed E-state index contributed by atoms with van der Waals surface area (Å²) < 4.78 is 35.9. The first-order chi connectivity index (χ1) is 5.54. The minimum Gasteiger partial charge on any atom is -0.373 e. The molecule has 0 aromatic carbocycles. The van der Waals surface area contributed by atoms with E-state index in [0.29, 0.717) is 5.82 Å². The van der Waals surface area contributed by atoms with E-state index in [9.17, 15) is 13.2 Å². The van der Waals surface area contributed by atoms with Crippen LogP contribution >= 0.6 is 12.4 Å². The first-order valence-electron chi connectivity index (χ1n) is 3.25. The van der Waals surface area contributed by atoms with Crippen molar-refractivity contribution in [1.29, 1.82) is 0 Å². The Morgan fingerprint density at radius 2 is 1.92 bits per heavy atom. The average molecular weight is 213 g/mol. The molecule has 0 radical (unpaired) electrons. The Balaban J connectivity index is 0.00000144. The number of halogens is 4. The second-order valence-electron chi connectivity index (χ2n) is 2.18. The number of pyridine rings is 1. The average Bonchev–Trinajstić information content (AvgIpc) is 2.03. The fourth-order valence-corrected chi connectivity index (χ4v) is 0.709. The molecule has 0 bridgehead atoms. The van der Waals surface area contributed by atoms with Crippen LogP contribution in [0.25, 0.3) is 0 Å². The summed E-state index contributed by atoms with van der Waals surface area (Å²) in [5.41, 5.74) is -0.735. The molecule has 1 heterocycles. The van der Waals surface area contributed by atoms with Gasteiger partial charge in [-0.15, -0.1) is 12.4 Å². The Bertz CT molecular complexity index is 257. The minimum atomic E-state index is -4.31. The Morgan fingerprint density at radius 3 is 2.23 bits per heavy atom. The maximum Gasteiger partial charge on any atom is 0.417 e. The number of anilines is 1. The van der Waals surface area contributed by atoms with Crippen LogP contribution in [0, 0.1) is 0 Å². The highest BCUT2D eigenvalue weighted by molar-refractivity contribution is 5.85. The maximum absolute atomic E-state index is 12.0. The molecule has 1 rings (SSSR count). The summed E-state index contributed by atoms with van der Waals surface area (Å²) in [7, 11) is 1.59. The van der Waals surface area contributed by atoms with Crippen molar-refractivity contribution in [2.24, 2.45) is 0 Å². The number of aromatic nitrogens is 1. The quantitative estimate of drug-likeness (QED) is 0.774. The lowest BCUT2D eigenvalue weighted by atomic mass is 10.3. The van der Waals surface area contributed by atoms with Crippen LogP contribution in [0.4, 0.5) is 19.0 Å². The third kappa shape index (κ3) is 3.10. The standard InChI is InChI=1S/C7H7F3N2.ClH/c1-11-6-3-2-5(4-12-6)7(8,9)10;/h2-4H,1H3,(H,11,12);1H. The summed E-state index contributed by atoms with van der Waals surface area (Å²) in [5.74, 6) is 0.419. The molecule has 6 heteroatoms. The molecule has 0 saturated heterocycles. The van der Waals surface area contributed by atoms with E-state index < -0.39 is 11.7 Å². The van der Waals surface area contributed by atoms with E-state index in [1.807, 2.05) is 0 Å². The molecule has 0 saturated carbocycles. The van der Waals surface area contributed by atoms with Gasteiger partial charge >= 0.3 is 6.18 Å². The monoisotopic (exact) mass is 212 g/mol. The summed E-state index contributed by atoms with van der Waals surface area (Å²) in [5, 5.41) is 2.63. The Hall–Kier alpha value is -0.970. The van der Waals surface area contributed by atoms with Crippen molar-refractivity contribution in [1.82, 2.24) is 4.98 Å². The second kappa shape index (κ2) is 4.32. The zero-order valence-electron chi connectivity index (χ0n) is 6.72. The molecule has 0 spiro atoms. The molecule has 0 aliphatic rings. The van der Waals surface area contributed by atoms with Crippen molar-refractivity contribution in [2.45, 2.75) is 6.18 Å². The van der Waals surface area contributed by atoms with Gasteiger partial charge in [-0.3, -0.25) is 0 Å². The van der Waals surface area contributed by atoms with Gasteiger partial charge in [0.1, 0.15) is 5.82 Å². The molecule has 0 amide bonds. The van der Waals surface area contributed by atoms with Gasteiger partial charge in [0.05, 0.1) is 5.56 Å². The number of nitrogens with one attached hydrogen (secondary N) is 1. The maximum atomic E-state index is 12.0. The zero-order chi connectivity index (χ0) is 9.19. The van der Waals surface area contributed by atoms with Crippen molar-refractivity contribution >= 4 is 18.2 Å². The minimum absolute atomic E-state index is 0. The van der Waals surface area contributed by atoms with Crippen LogP contribution in [-0.2, 0) is 6.18 Å². The number of alkyl halides is 3. The third-order valence-electron chi connectivity index (χ3n) is 1.35. The fourth-order valence-electron chi connectivity index (χ4n) is 0.709. The van der Waals surface area contributed by atoms with Crippen molar-refractivity contribution in [2.75, 3.05) is 12.4 Å². The van der Waals surface area contributed by atoms with E-state index in [1.54, 1.807) is 7.05 Å². The summed E-state index contributed by atoms with van der Waals surface area (Å²) in [4.78, 5) is 3.53. The molecular weight excluding hydrogens is 205 g/mol. The van der Waals surface area contributed by atoms with Crippen LogP contribution in [0.3, 0.4) is 0 Å². The fraction of sp³-hybridized carbons (Fsp3) is 0.286. The van der Waals surface area contributed by atoms with Gasteiger partial charge in [-0.2, -0.15) is 13.2 Å². The molecule has 0 aliphatic heterocycles. The predicted molar refractivity (Wildman–Crippen MR) is 46.0 cm³/mol. The van der Waals surface area contributed by atoms with Crippen LogP contribution in [0.2, 0.25) is 0 Å². The SMILES string of the molecule is CNc1ccc(C(F)(F)F)cn1.Cl. The van der Waals surface area contributed by atoms with E-state index in [-0.39, 0.29) is 12.4 Å². The summed E-state index contributed by atoms with van der Waals surface area (Å²) in [6, 6.07) is 2.27. The summed E-state index contributed by atoms with van der Waals surface area (Å²) in [6.07, 6.45) is -3.51. The highest BCUT2D eigenvalue weighted by Crippen LogP contribution is 2.28. The smallest absolute Gasteiger partial charge is 0.373 e. The molecule has 0 unspecified atom stereocenters. The number of nitrogens with zero attached hydrogens (tertiary/aromatic N) is 1. The highest BCUT2D eigenvalue weighted by Gasteiger charge is 2.30. The van der Waals surface area contributed by atoms with Gasteiger partial charge in [0.2, 0.25) is 0 Å². The molecule has 0 aliphatic carbocycles. The Morgan fingerprint density at radius 1 is 1.31 bits per heavy atom. The van der Waals surface area contributed by atoms with Crippen molar-refractivity contribution in [3.63, 3.8) is 0 Å². The van der Waals surface area contributed by atoms with Gasteiger partial charge in [0.25, 0.3) is 0 Å².